The minimum Gasteiger partial charge on any atom is -0.465 e. The van der Waals surface area contributed by atoms with Gasteiger partial charge in [0.1, 0.15) is 5.76 Å². The van der Waals surface area contributed by atoms with Crippen molar-refractivity contribution < 1.29 is 23.5 Å². The van der Waals surface area contributed by atoms with E-state index in [1.807, 2.05) is 0 Å². The molecule has 0 fully saturated rings. The van der Waals surface area contributed by atoms with Gasteiger partial charge in [-0.3, -0.25) is 0 Å². The topological polar surface area (TPSA) is 65.7 Å². The lowest BCUT2D eigenvalue weighted by Gasteiger charge is -2.06. The van der Waals surface area contributed by atoms with E-state index in [9.17, 15) is 9.59 Å². The maximum absolute atomic E-state index is 11.6. The molecule has 0 saturated heterocycles. The summed E-state index contributed by atoms with van der Waals surface area (Å²) in [5, 5.41) is 0. The van der Waals surface area contributed by atoms with Crippen molar-refractivity contribution in [1.82, 2.24) is 0 Å². The monoisotopic (exact) mass is 260 g/mol. The van der Waals surface area contributed by atoms with Gasteiger partial charge in [0, 0.05) is 5.56 Å². The quantitative estimate of drug-likeness (QED) is 0.793. The van der Waals surface area contributed by atoms with Crippen LogP contribution in [-0.4, -0.2) is 26.2 Å². The molecule has 0 bridgehead atoms. The summed E-state index contributed by atoms with van der Waals surface area (Å²) in [6, 6.07) is 8.06. The molecule has 19 heavy (non-hydrogen) atoms. The van der Waals surface area contributed by atoms with Crippen LogP contribution in [0.2, 0.25) is 0 Å². The van der Waals surface area contributed by atoms with Gasteiger partial charge >= 0.3 is 11.9 Å². The number of methoxy groups -OCH3 is 2. The molecular weight excluding hydrogens is 248 g/mol. The van der Waals surface area contributed by atoms with Crippen LogP contribution < -0.4 is 0 Å². The molecule has 5 heteroatoms. The Balaban J connectivity index is 2.55. The van der Waals surface area contributed by atoms with Crippen molar-refractivity contribution in [1.29, 1.82) is 0 Å². The zero-order valence-corrected chi connectivity index (χ0v) is 10.5. The minimum atomic E-state index is -0.529. The summed E-state index contributed by atoms with van der Waals surface area (Å²) < 4.78 is 14.6. The first-order chi connectivity index (χ1) is 9.15. The highest BCUT2D eigenvalue weighted by molar-refractivity contribution is 5.97. The highest BCUT2D eigenvalue weighted by Crippen LogP contribution is 2.23. The molecule has 0 aliphatic carbocycles. The van der Waals surface area contributed by atoms with E-state index in [1.54, 1.807) is 24.3 Å². The number of hydrogen-bond donors (Lipinski definition) is 0. The van der Waals surface area contributed by atoms with Crippen LogP contribution in [0.15, 0.2) is 41.0 Å². The van der Waals surface area contributed by atoms with Gasteiger partial charge in [-0.1, -0.05) is 0 Å². The Labute approximate surface area is 109 Å². The molecule has 1 aromatic carbocycles. The molecule has 1 heterocycles. The first kappa shape index (κ1) is 12.9. The van der Waals surface area contributed by atoms with Gasteiger partial charge in [-0.05, 0) is 30.3 Å². The average molecular weight is 260 g/mol. The summed E-state index contributed by atoms with van der Waals surface area (Å²) in [4.78, 5) is 23.2. The molecule has 0 spiro atoms. The second-order valence-electron chi connectivity index (χ2n) is 3.76. The Morgan fingerprint density at radius 3 is 2.00 bits per heavy atom. The smallest absolute Gasteiger partial charge is 0.337 e. The maximum Gasteiger partial charge on any atom is 0.337 e. The van der Waals surface area contributed by atoms with Crippen molar-refractivity contribution in [3.05, 3.63) is 47.7 Å². The Morgan fingerprint density at radius 2 is 1.58 bits per heavy atom. The number of rotatable bonds is 3. The molecule has 0 saturated carbocycles. The fourth-order valence-corrected chi connectivity index (χ4v) is 1.68. The molecule has 0 amide bonds. The number of carbonyl (C=O) groups is 2. The predicted molar refractivity (Wildman–Crippen MR) is 66.8 cm³/mol. The standard InChI is InChI=1S/C14H12O5/c1-17-13(15)10-6-9(12-4-3-5-19-12)7-11(8-10)14(16)18-2/h3-8H,1-2H3. The lowest BCUT2D eigenvalue weighted by molar-refractivity contribution is 0.0599. The van der Waals surface area contributed by atoms with E-state index in [0.717, 1.165) is 0 Å². The molecule has 0 atom stereocenters. The highest BCUT2D eigenvalue weighted by atomic mass is 16.5. The van der Waals surface area contributed by atoms with Crippen LogP contribution in [0.4, 0.5) is 0 Å². The number of benzene rings is 1. The van der Waals surface area contributed by atoms with Gasteiger partial charge < -0.3 is 13.9 Å². The normalized spacial score (nSPS) is 10.0. The van der Waals surface area contributed by atoms with Gasteiger partial charge in [-0.2, -0.15) is 0 Å². The number of furan rings is 1. The molecule has 0 N–H and O–H groups in total. The van der Waals surface area contributed by atoms with Gasteiger partial charge in [0.15, 0.2) is 0 Å². The first-order valence-electron chi connectivity index (χ1n) is 5.51. The van der Waals surface area contributed by atoms with Gasteiger partial charge in [0.25, 0.3) is 0 Å². The first-order valence-corrected chi connectivity index (χ1v) is 5.51. The van der Waals surface area contributed by atoms with Gasteiger partial charge in [-0.15, -0.1) is 0 Å². The molecule has 98 valence electrons. The van der Waals surface area contributed by atoms with E-state index in [-0.39, 0.29) is 11.1 Å². The molecule has 0 aliphatic heterocycles. The largest absolute Gasteiger partial charge is 0.465 e. The average Bonchev–Trinajstić information content (AvgIpc) is 2.99. The zero-order chi connectivity index (χ0) is 13.8. The zero-order valence-electron chi connectivity index (χ0n) is 10.5. The van der Waals surface area contributed by atoms with E-state index in [2.05, 4.69) is 9.47 Å². The predicted octanol–water partition coefficient (Wildman–Crippen LogP) is 2.52. The Morgan fingerprint density at radius 1 is 1.00 bits per heavy atom. The van der Waals surface area contributed by atoms with Crippen LogP contribution >= 0.6 is 0 Å². The molecule has 0 aliphatic rings. The molecule has 5 nitrogen and oxygen atoms in total. The summed E-state index contributed by atoms with van der Waals surface area (Å²) >= 11 is 0. The van der Waals surface area contributed by atoms with Crippen molar-refractivity contribution in [3.63, 3.8) is 0 Å². The van der Waals surface area contributed by atoms with Crippen LogP contribution in [-0.2, 0) is 9.47 Å². The van der Waals surface area contributed by atoms with Gasteiger partial charge in [0.2, 0.25) is 0 Å². The fraction of sp³-hybridized carbons (Fsp3) is 0.143. The SMILES string of the molecule is COC(=O)c1cc(C(=O)OC)cc(-c2ccco2)c1. The van der Waals surface area contributed by atoms with Crippen molar-refractivity contribution in [2.24, 2.45) is 0 Å². The van der Waals surface area contributed by atoms with Crippen molar-refractivity contribution in [3.8, 4) is 11.3 Å². The number of carbonyl (C=O) groups excluding carboxylic acids is 2. The number of ether oxygens (including phenoxy) is 2. The summed E-state index contributed by atoms with van der Waals surface area (Å²) in [7, 11) is 2.55. The molecule has 0 radical (unpaired) electrons. The molecule has 2 aromatic rings. The fourth-order valence-electron chi connectivity index (χ4n) is 1.68. The third-order valence-electron chi connectivity index (χ3n) is 2.58. The number of esters is 2. The van der Waals surface area contributed by atoms with E-state index >= 15 is 0 Å². The van der Waals surface area contributed by atoms with E-state index in [1.165, 1.54) is 26.5 Å². The second kappa shape index (κ2) is 5.39. The van der Waals surface area contributed by atoms with E-state index in [0.29, 0.717) is 11.3 Å². The highest BCUT2D eigenvalue weighted by Gasteiger charge is 2.15. The molecule has 2 rings (SSSR count). The van der Waals surface area contributed by atoms with Crippen LogP contribution in [0.1, 0.15) is 20.7 Å². The van der Waals surface area contributed by atoms with Crippen LogP contribution in [0.3, 0.4) is 0 Å². The summed E-state index contributed by atoms with van der Waals surface area (Å²) in [6.45, 7) is 0. The van der Waals surface area contributed by atoms with E-state index in [4.69, 9.17) is 4.42 Å². The third kappa shape index (κ3) is 2.65. The van der Waals surface area contributed by atoms with Gasteiger partial charge in [0.05, 0.1) is 31.6 Å². The van der Waals surface area contributed by atoms with Crippen LogP contribution in [0.5, 0.6) is 0 Å². The van der Waals surface area contributed by atoms with E-state index < -0.39 is 11.9 Å². The second-order valence-corrected chi connectivity index (χ2v) is 3.76. The molecule has 1 aromatic heterocycles. The van der Waals surface area contributed by atoms with Crippen LogP contribution in [0, 0.1) is 0 Å². The summed E-state index contributed by atoms with van der Waals surface area (Å²) in [5.41, 5.74) is 1.13. The Kier molecular flexibility index (Phi) is 3.66. The van der Waals surface area contributed by atoms with Crippen molar-refractivity contribution in [2.75, 3.05) is 14.2 Å². The van der Waals surface area contributed by atoms with Crippen molar-refractivity contribution in [2.45, 2.75) is 0 Å². The Bertz CT molecular complexity index is 564. The third-order valence-corrected chi connectivity index (χ3v) is 2.58. The molecular formula is C14H12O5. The maximum atomic E-state index is 11.6. The summed E-state index contributed by atoms with van der Waals surface area (Å²) in [5.74, 6) is -0.506. The number of hydrogen-bond acceptors (Lipinski definition) is 5. The lowest BCUT2D eigenvalue weighted by Crippen LogP contribution is -2.06. The minimum absolute atomic E-state index is 0.261. The van der Waals surface area contributed by atoms with Crippen LogP contribution in [0.25, 0.3) is 11.3 Å². The lowest BCUT2D eigenvalue weighted by atomic mass is 10.0. The Hall–Kier alpha value is -2.56. The molecule has 0 unspecified atom stereocenters. The van der Waals surface area contributed by atoms with Crippen molar-refractivity contribution >= 4 is 11.9 Å². The summed E-state index contributed by atoms with van der Waals surface area (Å²) in [6.07, 6.45) is 1.51. The van der Waals surface area contributed by atoms with Gasteiger partial charge in [-0.25, -0.2) is 9.59 Å².